The highest BCUT2D eigenvalue weighted by atomic mass is 32.5. The van der Waals surface area contributed by atoms with Crippen LogP contribution in [0.25, 0.3) is 0 Å². The van der Waals surface area contributed by atoms with Crippen LogP contribution in [0.15, 0.2) is 0 Å². The van der Waals surface area contributed by atoms with Crippen molar-refractivity contribution in [3.8, 4) is 0 Å². The van der Waals surface area contributed by atoms with E-state index in [1.807, 2.05) is 0 Å². The summed E-state index contributed by atoms with van der Waals surface area (Å²) in [4.78, 5) is 77.1. The fraction of sp³-hybridized carbons (Fsp3) is 0.861. The highest BCUT2D eigenvalue weighted by Gasteiger charge is 2.25. The van der Waals surface area contributed by atoms with E-state index in [1.165, 1.54) is 0 Å². The van der Waals surface area contributed by atoms with Gasteiger partial charge in [0.2, 0.25) is 11.8 Å². The molecule has 0 radical (unpaired) electrons. The Morgan fingerprint density at radius 3 is 1.41 bits per heavy atom. The first-order valence-corrected chi connectivity index (χ1v) is 21.5. The van der Waals surface area contributed by atoms with E-state index in [4.69, 9.17) is 49.5 Å². The number of Topliss-reactive ketones (excluding diaryl/α,β-unsaturated/α-hetero) is 3. The van der Waals surface area contributed by atoms with Gasteiger partial charge in [0.15, 0.2) is 11.6 Å². The summed E-state index contributed by atoms with van der Waals surface area (Å²) in [6, 6.07) is -1.86. The largest absolute Gasteiger partial charge is 0.800 e. The molecule has 0 aliphatic heterocycles. The number of hydrogen-bond acceptors (Lipinski definition) is 15. The predicted molar refractivity (Wildman–Crippen MR) is 204 cm³/mol. The summed E-state index contributed by atoms with van der Waals surface area (Å²) in [7, 11) is 4.70. The topological polar surface area (TPSA) is 206 Å². The molecule has 0 aromatic carbocycles. The zero-order valence-electron chi connectivity index (χ0n) is 33.1. The molecule has 2 N–H and O–H groups in total. The summed E-state index contributed by atoms with van der Waals surface area (Å²) in [5.74, 6) is -1.48. The number of carbonyl (C=O) groups excluding carboxylic acids is 5. The van der Waals surface area contributed by atoms with Crippen molar-refractivity contribution >= 4 is 47.5 Å². The van der Waals surface area contributed by atoms with Gasteiger partial charge in [-0.15, -0.1) is 0 Å². The fourth-order valence-corrected chi connectivity index (χ4v) is 5.51. The van der Waals surface area contributed by atoms with E-state index in [9.17, 15) is 28.9 Å². The number of amides is 2. The average Bonchev–Trinajstić information content (AvgIpc) is 3.13. The molecule has 0 aromatic heterocycles. The van der Waals surface area contributed by atoms with Crippen LogP contribution in [-0.4, -0.2) is 148 Å². The lowest BCUT2D eigenvalue weighted by Gasteiger charge is -2.31. The number of carbonyl (C=O) groups is 5. The van der Waals surface area contributed by atoms with Gasteiger partial charge < -0.3 is 53.2 Å². The minimum Gasteiger partial charge on any atom is -0.800 e. The van der Waals surface area contributed by atoms with Crippen LogP contribution < -0.4 is 15.5 Å². The lowest BCUT2D eigenvalue weighted by molar-refractivity contribution is -0.185. The van der Waals surface area contributed by atoms with Gasteiger partial charge in [-0.3, -0.25) is 24.0 Å². The molecular weight excluding hydrogens is 747 g/mol. The molecule has 16 nitrogen and oxygen atoms in total. The van der Waals surface area contributed by atoms with Crippen LogP contribution in [0.2, 0.25) is 0 Å². The maximum Gasteiger partial charge on any atom is 0.222 e. The molecule has 0 saturated carbocycles. The summed E-state index contributed by atoms with van der Waals surface area (Å²) < 4.78 is 41.8. The van der Waals surface area contributed by atoms with E-state index in [-0.39, 0.29) is 94.2 Å². The van der Waals surface area contributed by atoms with Crippen LogP contribution in [-0.2, 0) is 73.5 Å². The molecule has 18 heteroatoms. The SMILES string of the molecule is COCCOCCCC(=O)CCC(NC(=O)CCC(NC(=O)CCOCCOP([O-])(=S)C(C)C)C(=O)CCCOCCOC)C(=O)CCCOCCOC. The van der Waals surface area contributed by atoms with Gasteiger partial charge in [-0.2, -0.15) is 0 Å². The van der Waals surface area contributed by atoms with Gasteiger partial charge in [0.1, 0.15) is 5.78 Å². The van der Waals surface area contributed by atoms with E-state index in [1.54, 1.807) is 35.2 Å². The number of ether oxygens (including phenoxy) is 7. The van der Waals surface area contributed by atoms with Crippen LogP contribution in [0, 0.1) is 0 Å². The van der Waals surface area contributed by atoms with Gasteiger partial charge in [-0.05, 0) is 44.3 Å². The highest BCUT2D eigenvalue weighted by Crippen LogP contribution is 2.42. The molecule has 0 heterocycles. The maximum absolute atomic E-state index is 13.2. The van der Waals surface area contributed by atoms with E-state index < -0.39 is 30.4 Å². The first-order chi connectivity index (χ1) is 25.9. The Morgan fingerprint density at radius 2 is 0.944 bits per heavy atom. The second-order valence-electron chi connectivity index (χ2n) is 12.7. The molecule has 2 amide bonds. The monoisotopic (exact) mass is 813 g/mol. The fourth-order valence-electron chi connectivity index (χ4n) is 4.66. The Morgan fingerprint density at radius 1 is 0.537 bits per heavy atom. The van der Waals surface area contributed by atoms with Crippen LogP contribution in [0.1, 0.15) is 84.5 Å². The molecule has 0 aliphatic rings. The third kappa shape index (κ3) is 29.5. The van der Waals surface area contributed by atoms with Crippen molar-refractivity contribution in [1.29, 1.82) is 0 Å². The molecule has 0 aliphatic carbocycles. The Hall–Kier alpha value is -1.76. The van der Waals surface area contributed by atoms with Crippen molar-refractivity contribution in [1.82, 2.24) is 10.6 Å². The van der Waals surface area contributed by atoms with Gasteiger partial charge in [0, 0.05) is 79.7 Å². The van der Waals surface area contributed by atoms with E-state index in [2.05, 4.69) is 10.6 Å². The van der Waals surface area contributed by atoms with Crippen molar-refractivity contribution in [2.75, 3.05) is 101 Å². The van der Waals surface area contributed by atoms with Gasteiger partial charge in [0.25, 0.3) is 0 Å². The van der Waals surface area contributed by atoms with Crippen LogP contribution in [0.4, 0.5) is 0 Å². The normalized spacial score (nSPS) is 13.7. The van der Waals surface area contributed by atoms with E-state index in [0.717, 1.165) is 0 Å². The number of rotatable bonds is 39. The summed E-state index contributed by atoms with van der Waals surface area (Å²) in [5.41, 5.74) is -0.300. The van der Waals surface area contributed by atoms with Crippen molar-refractivity contribution in [3.63, 3.8) is 0 Å². The molecule has 316 valence electrons. The standard InChI is InChI=1S/C36H67N2O14PS/c1-29(2)53(44,54)52-28-27-51-20-16-36(43)38-32(34(41)11-8-19-50-26-23-47-5)14-15-35(42)37-31(33(40)10-7-18-49-25-22-46-4)13-12-30(39)9-6-17-48-24-21-45-3/h29,31-32H,6-28H2,1-5H3,(H,37,42)(H,38,43)(H,44,54)/p-1. The predicted octanol–water partition coefficient (Wildman–Crippen LogP) is 2.05. The zero-order valence-corrected chi connectivity index (χ0v) is 34.8. The summed E-state index contributed by atoms with van der Waals surface area (Å²) in [5, 5.41) is 5.47. The average molecular weight is 814 g/mol. The molecule has 0 aromatic rings. The molecule has 0 fully saturated rings. The number of ketones is 3. The quantitative estimate of drug-likeness (QED) is 0.0673. The van der Waals surface area contributed by atoms with Crippen molar-refractivity contribution in [3.05, 3.63) is 0 Å². The van der Waals surface area contributed by atoms with Crippen molar-refractivity contribution in [2.45, 2.75) is 102 Å². The van der Waals surface area contributed by atoms with Gasteiger partial charge >= 0.3 is 0 Å². The molecule has 0 spiro atoms. The second-order valence-corrected chi connectivity index (χ2v) is 16.6. The number of hydrogen-bond donors (Lipinski definition) is 2. The Balaban J connectivity index is 5.28. The van der Waals surface area contributed by atoms with Gasteiger partial charge in [-0.25, -0.2) is 0 Å². The Labute approximate surface area is 326 Å². The smallest absolute Gasteiger partial charge is 0.222 e. The lowest BCUT2D eigenvalue weighted by Crippen LogP contribution is -2.44. The summed E-state index contributed by atoms with van der Waals surface area (Å²) >= 11 is 4.97. The van der Waals surface area contributed by atoms with Crippen LogP contribution >= 0.6 is 6.49 Å². The van der Waals surface area contributed by atoms with Crippen molar-refractivity contribution < 1.29 is 66.5 Å². The molecule has 3 atom stereocenters. The summed E-state index contributed by atoms with van der Waals surface area (Å²) in [6.45, 7) is 4.01. The van der Waals surface area contributed by atoms with Crippen LogP contribution in [0.3, 0.4) is 0 Å². The third-order valence-electron chi connectivity index (χ3n) is 7.89. The molecular formula is C36H66N2O14PS-. The first-order valence-electron chi connectivity index (χ1n) is 18.8. The van der Waals surface area contributed by atoms with Gasteiger partial charge in [-0.1, -0.05) is 25.7 Å². The minimum absolute atomic E-state index is 0.00475. The molecule has 54 heavy (non-hydrogen) atoms. The zero-order chi connectivity index (χ0) is 40.5. The lowest BCUT2D eigenvalue weighted by atomic mass is 9.99. The van der Waals surface area contributed by atoms with Crippen LogP contribution in [0.5, 0.6) is 0 Å². The van der Waals surface area contributed by atoms with E-state index in [0.29, 0.717) is 78.7 Å². The first kappa shape index (κ1) is 52.2. The van der Waals surface area contributed by atoms with Gasteiger partial charge in [0.05, 0.1) is 71.5 Å². The second kappa shape index (κ2) is 34.5. The molecule has 3 unspecified atom stereocenters. The molecule has 0 bridgehead atoms. The summed E-state index contributed by atoms with van der Waals surface area (Å²) in [6.07, 6.45) is 1.92. The number of nitrogens with one attached hydrogen (secondary N) is 2. The third-order valence-corrected chi connectivity index (χ3v) is 11.3. The highest BCUT2D eigenvalue weighted by molar-refractivity contribution is 8.09. The van der Waals surface area contributed by atoms with Crippen molar-refractivity contribution in [2.24, 2.45) is 0 Å². The Bertz CT molecular complexity index is 1080. The minimum atomic E-state index is -3.15. The number of methoxy groups -OCH3 is 3. The molecule has 0 rings (SSSR count). The van der Waals surface area contributed by atoms with E-state index >= 15 is 0 Å². The maximum atomic E-state index is 13.2. The Kier molecular flexibility index (Phi) is 33.4. The molecule has 0 saturated heterocycles.